The van der Waals surface area contributed by atoms with Gasteiger partial charge >= 0.3 is 0 Å². The van der Waals surface area contributed by atoms with E-state index in [1.54, 1.807) is 6.07 Å². The summed E-state index contributed by atoms with van der Waals surface area (Å²) in [6.45, 7) is 2.41. The van der Waals surface area contributed by atoms with E-state index in [1.807, 2.05) is 6.92 Å². The Labute approximate surface area is 59.4 Å². The fourth-order valence-electron chi connectivity index (χ4n) is 0.675. The molecule has 53 valence electrons. The molecule has 0 aromatic heterocycles. The van der Waals surface area contributed by atoms with Crippen LogP contribution in [0.25, 0.3) is 0 Å². The number of hydrogen-bond acceptors (Lipinski definition) is 1. The van der Waals surface area contributed by atoms with Crippen molar-refractivity contribution in [2.45, 2.75) is 6.92 Å². The van der Waals surface area contributed by atoms with E-state index in [4.69, 9.17) is 4.74 Å². The Kier molecular flexibility index (Phi) is 2.26. The Morgan fingerprint density at radius 2 is 2.50 bits per heavy atom. The Balaban J connectivity index is 2.75. The molecule has 0 N–H and O–H groups in total. The van der Waals surface area contributed by atoms with Gasteiger partial charge in [0.1, 0.15) is 11.6 Å². The molecule has 0 aliphatic carbocycles. The number of ether oxygens (including phenoxy) is 1. The minimum absolute atomic E-state index is 0.383. The van der Waals surface area contributed by atoms with Crippen LogP contribution in [0, 0.1) is 11.9 Å². The van der Waals surface area contributed by atoms with E-state index in [-0.39, 0.29) is 5.82 Å². The van der Waals surface area contributed by atoms with E-state index in [0.29, 0.717) is 12.4 Å². The van der Waals surface area contributed by atoms with Crippen LogP contribution < -0.4 is 4.74 Å². The van der Waals surface area contributed by atoms with Gasteiger partial charge in [-0.3, -0.25) is 0 Å². The van der Waals surface area contributed by atoms with Crippen LogP contribution in [0.3, 0.4) is 0 Å². The predicted molar refractivity (Wildman–Crippen MR) is 36.4 cm³/mol. The van der Waals surface area contributed by atoms with Gasteiger partial charge in [-0.2, -0.15) is 0 Å². The summed E-state index contributed by atoms with van der Waals surface area (Å²) < 4.78 is 17.4. The van der Waals surface area contributed by atoms with Gasteiger partial charge in [0.05, 0.1) is 6.61 Å². The summed E-state index contributed by atoms with van der Waals surface area (Å²) in [5, 5.41) is 0. The van der Waals surface area contributed by atoms with Crippen LogP contribution in [-0.4, -0.2) is 6.61 Å². The molecule has 1 aromatic carbocycles. The van der Waals surface area contributed by atoms with Crippen LogP contribution in [0.1, 0.15) is 6.92 Å². The maximum Gasteiger partial charge on any atom is 0.134 e. The molecule has 0 heterocycles. The first-order valence-corrected chi connectivity index (χ1v) is 3.13. The number of hydrogen-bond donors (Lipinski definition) is 0. The molecule has 1 nitrogen and oxygen atoms in total. The second-order valence-corrected chi connectivity index (χ2v) is 1.81. The van der Waals surface area contributed by atoms with Crippen molar-refractivity contribution in [3.05, 3.63) is 30.1 Å². The first kappa shape index (κ1) is 7.06. The van der Waals surface area contributed by atoms with Gasteiger partial charge < -0.3 is 4.74 Å². The molecule has 0 unspecified atom stereocenters. The summed E-state index contributed by atoms with van der Waals surface area (Å²) in [6, 6.07) is 6.87. The van der Waals surface area contributed by atoms with Gasteiger partial charge in [-0.25, -0.2) is 4.39 Å². The van der Waals surface area contributed by atoms with E-state index < -0.39 is 0 Å². The van der Waals surface area contributed by atoms with Crippen molar-refractivity contribution in [1.29, 1.82) is 0 Å². The highest BCUT2D eigenvalue weighted by molar-refractivity contribution is 5.21. The second kappa shape index (κ2) is 3.20. The highest BCUT2D eigenvalue weighted by atomic mass is 19.1. The van der Waals surface area contributed by atoms with Crippen LogP contribution in [0.4, 0.5) is 4.39 Å². The van der Waals surface area contributed by atoms with Crippen LogP contribution in [0.5, 0.6) is 5.75 Å². The Morgan fingerprint density at radius 1 is 1.70 bits per heavy atom. The first-order chi connectivity index (χ1) is 4.83. The van der Waals surface area contributed by atoms with Crippen LogP contribution >= 0.6 is 0 Å². The van der Waals surface area contributed by atoms with E-state index in [9.17, 15) is 4.39 Å². The zero-order chi connectivity index (χ0) is 7.40. The number of rotatable bonds is 2. The molecule has 0 spiro atoms. The van der Waals surface area contributed by atoms with Gasteiger partial charge in [0.15, 0.2) is 0 Å². The third-order valence-electron chi connectivity index (χ3n) is 1.05. The quantitative estimate of drug-likeness (QED) is 0.609. The third-order valence-corrected chi connectivity index (χ3v) is 1.05. The molecule has 0 bridgehead atoms. The maximum absolute atomic E-state index is 12.4. The zero-order valence-electron chi connectivity index (χ0n) is 5.73. The fourth-order valence-corrected chi connectivity index (χ4v) is 0.675. The average Bonchev–Trinajstić information content (AvgIpc) is 1.88. The summed E-state index contributed by atoms with van der Waals surface area (Å²) in [7, 11) is 0. The third kappa shape index (κ3) is 1.72. The minimum atomic E-state index is -0.383. The molecule has 1 radical (unpaired) electrons. The lowest BCUT2D eigenvalue weighted by Crippen LogP contribution is -1.90. The van der Waals surface area contributed by atoms with Gasteiger partial charge in [0.2, 0.25) is 0 Å². The molecule has 0 aliphatic heterocycles. The molecule has 0 saturated heterocycles. The molecular weight excluding hydrogens is 131 g/mol. The van der Waals surface area contributed by atoms with Gasteiger partial charge in [0.25, 0.3) is 0 Å². The van der Waals surface area contributed by atoms with Crippen molar-refractivity contribution in [3.63, 3.8) is 0 Å². The van der Waals surface area contributed by atoms with Crippen molar-refractivity contribution in [3.8, 4) is 5.75 Å². The molecule has 1 rings (SSSR count). The number of benzene rings is 1. The van der Waals surface area contributed by atoms with Crippen LogP contribution in [-0.2, 0) is 0 Å². The molecule has 2 heteroatoms. The van der Waals surface area contributed by atoms with E-state index in [2.05, 4.69) is 6.07 Å². The maximum atomic E-state index is 12.4. The van der Waals surface area contributed by atoms with Crippen molar-refractivity contribution >= 4 is 0 Å². The largest absolute Gasteiger partial charge is 0.494 e. The lowest BCUT2D eigenvalue weighted by Gasteiger charge is -2.00. The summed E-state index contributed by atoms with van der Waals surface area (Å²) in [6.07, 6.45) is 0. The SMILES string of the molecule is CCOc1cc[c]c(F)c1. The molecule has 0 aliphatic rings. The minimum Gasteiger partial charge on any atom is -0.494 e. The van der Waals surface area contributed by atoms with Crippen LogP contribution in [0.15, 0.2) is 18.2 Å². The molecule has 0 atom stereocenters. The van der Waals surface area contributed by atoms with Crippen molar-refractivity contribution < 1.29 is 9.13 Å². The standard InChI is InChI=1S/C8H8FO/c1-2-10-8-5-3-4-7(9)6-8/h3,5-6H,2H2,1H3. The fraction of sp³-hybridized carbons (Fsp3) is 0.250. The van der Waals surface area contributed by atoms with Gasteiger partial charge in [-0.15, -0.1) is 0 Å². The van der Waals surface area contributed by atoms with E-state index in [0.717, 1.165) is 0 Å². The second-order valence-electron chi connectivity index (χ2n) is 1.81. The van der Waals surface area contributed by atoms with Crippen molar-refractivity contribution in [2.75, 3.05) is 6.61 Å². The normalized spacial score (nSPS) is 9.40. The molecule has 0 fully saturated rings. The van der Waals surface area contributed by atoms with Gasteiger partial charge in [0, 0.05) is 12.1 Å². The zero-order valence-corrected chi connectivity index (χ0v) is 5.73. The smallest absolute Gasteiger partial charge is 0.134 e. The average molecular weight is 139 g/mol. The van der Waals surface area contributed by atoms with E-state index >= 15 is 0 Å². The topological polar surface area (TPSA) is 9.23 Å². The highest BCUT2D eigenvalue weighted by Crippen LogP contribution is 2.10. The van der Waals surface area contributed by atoms with Crippen molar-refractivity contribution in [2.24, 2.45) is 0 Å². The van der Waals surface area contributed by atoms with Gasteiger partial charge in [-0.1, -0.05) is 0 Å². The monoisotopic (exact) mass is 139 g/mol. The summed E-state index contributed by atoms with van der Waals surface area (Å²) in [5.41, 5.74) is 0. The van der Waals surface area contributed by atoms with Crippen LogP contribution in [0.2, 0.25) is 0 Å². The number of halogens is 1. The molecule has 1 aromatic rings. The molecule has 10 heavy (non-hydrogen) atoms. The molecule has 0 saturated carbocycles. The summed E-state index contributed by atoms with van der Waals surface area (Å²) >= 11 is 0. The van der Waals surface area contributed by atoms with Crippen molar-refractivity contribution in [1.82, 2.24) is 0 Å². The summed E-state index contributed by atoms with van der Waals surface area (Å²) in [5.74, 6) is 0.171. The Morgan fingerprint density at radius 3 is 3.10 bits per heavy atom. The lowest BCUT2D eigenvalue weighted by atomic mass is 10.3. The highest BCUT2D eigenvalue weighted by Gasteiger charge is 1.92. The predicted octanol–water partition coefficient (Wildman–Crippen LogP) is 2.02. The Hall–Kier alpha value is -1.05. The first-order valence-electron chi connectivity index (χ1n) is 3.13. The van der Waals surface area contributed by atoms with Gasteiger partial charge in [-0.05, 0) is 19.1 Å². The summed E-state index contributed by atoms with van der Waals surface area (Å²) in [4.78, 5) is 0. The Bertz CT molecular complexity index is 210. The molecule has 0 amide bonds. The van der Waals surface area contributed by atoms with E-state index in [1.165, 1.54) is 12.1 Å². The molecular formula is C8H8FO. The lowest BCUT2D eigenvalue weighted by molar-refractivity contribution is 0.338.